The van der Waals surface area contributed by atoms with Crippen LogP contribution in [0, 0.1) is 5.92 Å². The summed E-state index contributed by atoms with van der Waals surface area (Å²) in [5.74, 6) is 0.136. The molecule has 0 bridgehead atoms. The number of hydrogen-bond donors (Lipinski definition) is 0. The van der Waals surface area contributed by atoms with Gasteiger partial charge in [0, 0.05) is 19.1 Å². The molecule has 1 aromatic rings. The molecule has 2 aliphatic rings. The highest BCUT2D eigenvalue weighted by Crippen LogP contribution is 2.41. The molecule has 0 N–H and O–H groups in total. The maximum atomic E-state index is 13.0. The van der Waals surface area contributed by atoms with Gasteiger partial charge >= 0.3 is 11.9 Å². The Morgan fingerprint density at radius 2 is 2.10 bits per heavy atom. The van der Waals surface area contributed by atoms with Crippen molar-refractivity contribution in [1.29, 1.82) is 0 Å². The fourth-order valence-electron chi connectivity index (χ4n) is 3.21. The molecule has 0 saturated carbocycles. The molecule has 7 nitrogen and oxygen atoms in total. The van der Waals surface area contributed by atoms with E-state index in [1.165, 1.54) is 18.7 Å². The van der Waals surface area contributed by atoms with Crippen molar-refractivity contribution in [2.24, 2.45) is 10.9 Å². The van der Waals surface area contributed by atoms with Gasteiger partial charge in [-0.1, -0.05) is 37.7 Å². The van der Waals surface area contributed by atoms with Crippen molar-refractivity contribution in [3.05, 3.63) is 41.1 Å². The third-order valence-electron chi connectivity index (χ3n) is 4.41. The van der Waals surface area contributed by atoms with Crippen LogP contribution in [0.5, 0.6) is 5.75 Å². The van der Waals surface area contributed by atoms with Crippen LogP contribution in [-0.4, -0.2) is 40.3 Å². The van der Waals surface area contributed by atoms with Crippen molar-refractivity contribution in [3.63, 3.8) is 0 Å². The number of rotatable bonds is 5. The summed E-state index contributed by atoms with van der Waals surface area (Å²) in [6.07, 6.45) is 0.358. The first-order valence-corrected chi connectivity index (χ1v) is 10.5. The van der Waals surface area contributed by atoms with Gasteiger partial charge in [0.2, 0.25) is 5.91 Å². The predicted molar refractivity (Wildman–Crippen MR) is 110 cm³/mol. The van der Waals surface area contributed by atoms with E-state index in [0.717, 1.165) is 0 Å². The van der Waals surface area contributed by atoms with E-state index >= 15 is 0 Å². The number of carbonyl (C=O) groups is 3. The lowest BCUT2D eigenvalue weighted by molar-refractivity contribution is -0.141. The van der Waals surface area contributed by atoms with E-state index in [2.05, 4.69) is 4.99 Å². The molecular formula is C21H24N2O5S. The van der Waals surface area contributed by atoms with Gasteiger partial charge in [-0.25, -0.2) is 9.79 Å². The molecule has 0 spiro atoms. The minimum Gasteiger partial charge on any atom is -0.462 e. The molecule has 0 radical (unpaired) electrons. The number of nitrogens with zero attached hydrogens (tertiary/aromatic N) is 2. The predicted octanol–water partition coefficient (Wildman–Crippen LogP) is 3.46. The average Bonchev–Trinajstić information content (AvgIpc) is 2.65. The Labute approximate surface area is 174 Å². The van der Waals surface area contributed by atoms with E-state index in [-0.39, 0.29) is 18.4 Å². The molecule has 1 saturated heterocycles. The Hall–Kier alpha value is -2.61. The van der Waals surface area contributed by atoms with Crippen LogP contribution in [0.3, 0.4) is 0 Å². The maximum Gasteiger partial charge on any atom is 0.338 e. The van der Waals surface area contributed by atoms with Crippen LogP contribution >= 0.6 is 11.8 Å². The fourth-order valence-corrected chi connectivity index (χ4v) is 4.21. The summed E-state index contributed by atoms with van der Waals surface area (Å²) in [6, 6.07) is 6.18. The third-order valence-corrected chi connectivity index (χ3v) is 5.36. The number of ether oxygens (including phenoxy) is 2. The fraction of sp³-hybridized carbons (Fsp3) is 0.429. The summed E-state index contributed by atoms with van der Waals surface area (Å²) in [7, 11) is 0. The summed E-state index contributed by atoms with van der Waals surface area (Å²) in [5, 5.41) is 0.571. The SMILES string of the molecule is CC(=O)Oc1cccc(C2C(C(=O)OCC(C)C)=C(C)N=C3SCCC(=O)N32)c1. The Kier molecular flexibility index (Phi) is 6.42. The Bertz CT molecular complexity index is 906. The van der Waals surface area contributed by atoms with Gasteiger partial charge in [0.15, 0.2) is 5.17 Å². The number of amidine groups is 1. The van der Waals surface area contributed by atoms with Crippen LogP contribution in [0.1, 0.15) is 45.7 Å². The third kappa shape index (κ3) is 4.70. The van der Waals surface area contributed by atoms with Crippen LogP contribution in [0.25, 0.3) is 0 Å². The Balaban J connectivity index is 2.08. The number of hydrogen-bond acceptors (Lipinski definition) is 7. The molecule has 2 aliphatic heterocycles. The van der Waals surface area contributed by atoms with Gasteiger partial charge in [-0.05, 0) is 30.5 Å². The lowest BCUT2D eigenvalue weighted by atomic mass is 9.94. The van der Waals surface area contributed by atoms with E-state index in [4.69, 9.17) is 9.47 Å². The maximum absolute atomic E-state index is 13.0. The quantitative estimate of drug-likeness (QED) is 0.540. The van der Waals surface area contributed by atoms with E-state index in [0.29, 0.717) is 39.9 Å². The van der Waals surface area contributed by atoms with Gasteiger partial charge in [0.05, 0.1) is 23.9 Å². The largest absolute Gasteiger partial charge is 0.462 e. The number of esters is 2. The first kappa shape index (κ1) is 21.1. The van der Waals surface area contributed by atoms with Gasteiger partial charge in [-0.3, -0.25) is 14.5 Å². The van der Waals surface area contributed by atoms with Crippen LogP contribution in [0.15, 0.2) is 40.5 Å². The molecule has 0 aliphatic carbocycles. The Morgan fingerprint density at radius 1 is 1.34 bits per heavy atom. The summed E-state index contributed by atoms with van der Waals surface area (Å²) in [4.78, 5) is 43.2. The number of aliphatic imine (C=N–C) groups is 1. The van der Waals surface area contributed by atoms with Crippen molar-refractivity contribution < 1.29 is 23.9 Å². The van der Waals surface area contributed by atoms with Crippen LogP contribution < -0.4 is 4.74 Å². The molecule has 154 valence electrons. The van der Waals surface area contributed by atoms with Crippen molar-refractivity contribution in [1.82, 2.24) is 4.90 Å². The van der Waals surface area contributed by atoms with Crippen LogP contribution in [0.4, 0.5) is 0 Å². The second-order valence-corrected chi connectivity index (χ2v) is 8.38. The lowest BCUT2D eigenvalue weighted by Gasteiger charge is -2.39. The zero-order valence-electron chi connectivity index (χ0n) is 16.9. The standard InChI is InChI=1S/C21H24N2O5S/c1-12(2)11-27-20(26)18-13(3)22-21-23(17(25)8-9-29-21)19(18)15-6-5-7-16(10-15)28-14(4)24/h5-7,10,12,19H,8-9,11H2,1-4H3. The number of fused-ring (bicyclic) bond motifs is 1. The lowest BCUT2D eigenvalue weighted by Crippen LogP contribution is -2.45. The number of carbonyl (C=O) groups excluding carboxylic acids is 3. The summed E-state index contributed by atoms with van der Waals surface area (Å²) in [5.41, 5.74) is 1.50. The minimum atomic E-state index is -0.682. The van der Waals surface area contributed by atoms with Gasteiger partial charge < -0.3 is 9.47 Å². The van der Waals surface area contributed by atoms with Crippen molar-refractivity contribution in [2.75, 3.05) is 12.4 Å². The number of amides is 1. The second-order valence-electron chi connectivity index (χ2n) is 7.32. The minimum absolute atomic E-state index is 0.105. The van der Waals surface area contributed by atoms with Crippen molar-refractivity contribution >= 4 is 34.8 Å². The van der Waals surface area contributed by atoms with Gasteiger partial charge in [0.25, 0.3) is 0 Å². The average molecular weight is 416 g/mol. The molecule has 1 fully saturated rings. The molecular weight excluding hydrogens is 392 g/mol. The molecule has 1 atom stereocenters. The molecule has 3 rings (SSSR count). The summed E-state index contributed by atoms with van der Waals surface area (Å²) in [6.45, 7) is 7.25. The molecule has 2 heterocycles. The molecule has 29 heavy (non-hydrogen) atoms. The van der Waals surface area contributed by atoms with Crippen LogP contribution in [-0.2, 0) is 19.1 Å². The zero-order valence-corrected chi connectivity index (χ0v) is 17.7. The summed E-state index contributed by atoms with van der Waals surface area (Å²) < 4.78 is 10.7. The highest BCUT2D eigenvalue weighted by Gasteiger charge is 2.41. The molecule has 1 unspecified atom stereocenters. The van der Waals surface area contributed by atoms with Gasteiger partial charge in [-0.2, -0.15) is 0 Å². The van der Waals surface area contributed by atoms with Crippen molar-refractivity contribution in [2.45, 2.75) is 40.2 Å². The topological polar surface area (TPSA) is 85.3 Å². The summed E-state index contributed by atoms with van der Waals surface area (Å²) >= 11 is 1.48. The van der Waals surface area contributed by atoms with E-state index in [1.807, 2.05) is 13.8 Å². The molecule has 1 aromatic carbocycles. The van der Waals surface area contributed by atoms with Gasteiger partial charge in [-0.15, -0.1) is 0 Å². The number of thioether (sulfide) groups is 1. The van der Waals surface area contributed by atoms with E-state index in [9.17, 15) is 14.4 Å². The highest BCUT2D eigenvalue weighted by atomic mass is 32.2. The van der Waals surface area contributed by atoms with E-state index in [1.54, 1.807) is 36.1 Å². The van der Waals surface area contributed by atoms with Crippen LogP contribution in [0.2, 0.25) is 0 Å². The van der Waals surface area contributed by atoms with Gasteiger partial charge in [0.1, 0.15) is 5.75 Å². The highest BCUT2D eigenvalue weighted by molar-refractivity contribution is 8.14. The first-order valence-electron chi connectivity index (χ1n) is 9.47. The van der Waals surface area contributed by atoms with Crippen molar-refractivity contribution in [3.8, 4) is 5.75 Å². The molecule has 1 amide bonds. The molecule has 0 aromatic heterocycles. The molecule has 8 heteroatoms. The van der Waals surface area contributed by atoms with E-state index < -0.39 is 18.0 Å². The number of benzene rings is 1. The first-order chi connectivity index (χ1) is 13.8. The second kappa shape index (κ2) is 8.82. The normalized spacial score (nSPS) is 19.1. The zero-order chi connectivity index (χ0) is 21.1. The monoisotopic (exact) mass is 416 g/mol. The smallest absolute Gasteiger partial charge is 0.338 e. The Morgan fingerprint density at radius 3 is 2.79 bits per heavy atom. The number of allylic oxidation sites excluding steroid dienone is 1.